The summed E-state index contributed by atoms with van der Waals surface area (Å²) in [5, 5.41) is 8.64. The summed E-state index contributed by atoms with van der Waals surface area (Å²) in [4.78, 5) is 19.2. The van der Waals surface area contributed by atoms with Gasteiger partial charge in [-0.25, -0.2) is 0 Å². The molecule has 0 amide bonds. The molecule has 3 N–H and O–H groups in total. The van der Waals surface area contributed by atoms with Gasteiger partial charge >= 0.3 is 7.60 Å². The van der Waals surface area contributed by atoms with E-state index < -0.39 is 12.9 Å². The summed E-state index contributed by atoms with van der Waals surface area (Å²) in [6.07, 6.45) is 28.3. The van der Waals surface area contributed by atoms with Crippen molar-refractivity contribution in [3.8, 4) is 0 Å². The van der Waals surface area contributed by atoms with Crippen LogP contribution < -0.4 is 0 Å². The lowest BCUT2D eigenvalue weighted by Gasteiger charge is -2.35. The molecule has 5 nitrogen and oxygen atoms in total. The highest BCUT2D eigenvalue weighted by Gasteiger charge is 2.48. The van der Waals surface area contributed by atoms with Gasteiger partial charge in [0.15, 0.2) is 0 Å². The third-order valence-corrected chi connectivity index (χ3v) is 7.45. The van der Waals surface area contributed by atoms with Crippen molar-refractivity contribution in [2.75, 3.05) is 27.7 Å². The predicted octanol–water partition coefficient (Wildman–Crippen LogP) is 7.32. The molecule has 0 heterocycles. The Balaban J connectivity index is 3.60. The molecule has 0 aromatic heterocycles. The first-order valence-electron chi connectivity index (χ1n) is 13.4. The van der Waals surface area contributed by atoms with E-state index in [-0.39, 0.29) is 13.0 Å². The molecule has 1 atom stereocenters. The van der Waals surface area contributed by atoms with E-state index in [1.54, 1.807) is 0 Å². The topological polar surface area (TPSA) is 77.8 Å². The zero-order chi connectivity index (χ0) is 25.1. The Morgan fingerprint density at radius 3 is 1.42 bits per heavy atom. The molecule has 0 aliphatic rings. The molecule has 0 aliphatic heterocycles. The van der Waals surface area contributed by atoms with Crippen LogP contribution in [0.25, 0.3) is 0 Å². The van der Waals surface area contributed by atoms with Crippen LogP contribution in [0.3, 0.4) is 0 Å². The summed E-state index contributed by atoms with van der Waals surface area (Å²) >= 11 is 0. The molecule has 1 unspecified atom stereocenters. The highest BCUT2D eigenvalue weighted by Crippen LogP contribution is 2.52. The molecule has 0 rings (SSSR count). The number of hydrogen-bond donors (Lipinski definition) is 3. The number of aliphatic hydroxyl groups is 1. The number of nitrogens with zero attached hydrogens (tertiary/aromatic N) is 1. The third kappa shape index (κ3) is 19.5. The maximum Gasteiger partial charge on any atom is 0.362 e. The summed E-state index contributed by atoms with van der Waals surface area (Å²) < 4.78 is 12.1. The Kier molecular flexibility index (Phi) is 18.6. The molecule has 0 saturated carbocycles. The minimum Gasteiger partial charge on any atom is -0.373 e. The first kappa shape index (κ1) is 32.5. The fraction of sp³-hybridized carbons (Fsp3) is 0.852. The smallest absolute Gasteiger partial charge is 0.362 e. The fourth-order valence-electron chi connectivity index (χ4n) is 4.15. The first-order chi connectivity index (χ1) is 15.5. The summed E-state index contributed by atoms with van der Waals surface area (Å²) in [5.41, 5.74) is 0. The van der Waals surface area contributed by atoms with Gasteiger partial charge in [0.2, 0.25) is 5.34 Å². The average molecular weight is 489 g/mol. The van der Waals surface area contributed by atoms with Gasteiger partial charge in [0.05, 0.1) is 21.1 Å². The van der Waals surface area contributed by atoms with Crippen molar-refractivity contribution < 1.29 is 23.9 Å². The molecule has 0 aliphatic carbocycles. The zero-order valence-corrected chi connectivity index (χ0v) is 23.1. The second kappa shape index (κ2) is 18.8. The lowest BCUT2D eigenvalue weighted by molar-refractivity contribution is -0.875. The first-order valence-corrected chi connectivity index (χ1v) is 15.0. The van der Waals surface area contributed by atoms with Crippen molar-refractivity contribution >= 4 is 7.60 Å². The molecule has 0 bridgehead atoms. The number of rotatable bonds is 22. The number of quaternary nitrogens is 1. The SMILES string of the molecule is CCC/C=C\CCCCC/C=C\CCCCCCCCCCC(O)(C[N+](C)(C)C)P(=O)(O)O. The van der Waals surface area contributed by atoms with Gasteiger partial charge in [-0.3, -0.25) is 4.57 Å². The van der Waals surface area contributed by atoms with Crippen molar-refractivity contribution in [1.82, 2.24) is 0 Å². The third-order valence-electron chi connectivity index (χ3n) is 6.00. The van der Waals surface area contributed by atoms with E-state index in [4.69, 9.17) is 0 Å². The van der Waals surface area contributed by atoms with E-state index in [2.05, 4.69) is 31.2 Å². The molecule has 6 heteroatoms. The van der Waals surface area contributed by atoms with Crippen molar-refractivity contribution in [2.45, 2.75) is 121 Å². The summed E-state index contributed by atoms with van der Waals surface area (Å²) in [7, 11) is 0.970. The van der Waals surface area contributed by atoms with Crippen LogP contribution in [0.5, 0.6) is 0 Å². The highest BCUT2D eigenvalue weighted by molar-refractivity contribution is 7.53. The van der Waals surface area contributed by atoms with Crippen molar-refractivity contribution in [3.05, 3.63) is 24.3 Å². The minimum atomic E-state index is -4.55. The maximum atomic E-state index is 11.8. The molecule has 0 fully saturated rings. The van der Waals surface area contributed by atoms with Crippen LogP contribution in [0.4, 0.5) is 0 Å². The molecule has 0 radical (unpaired) electrons. The second-order valence-corrected chi connectivity index (χ2v) is 12.6. The van der Waals surface area contributed by atoms with E-state index in [9.17, 15) is 19.5 Å². The summed E-state index contributed by atoms with van der Waals surface area (Å²) in [6, 6.07) is 0. The zero-order valence-electron chi connectivity index (χ0n) is 22.2. The lowest BCUT2D eigenvalue weighted by Crippen LogP contribution is -2.49. The molecular formula is C27H55NO4P+. The Bertz CT molecular complexity index is 565. The lowest BCUT2D eigenvalue weighted by atomic mass is 10.0. The van der Waals surface area contributed by atoms with E-state index in [1.165, 1.54) is 77.0 Å². The summed E-state index contributed by atoms with van der Waals surface area (Å²) in [6.45, 7) is 2.28. The number of likely N-dealkylation sites (N-methyl/N-ethyl adjacent to an activating group) is 1. The number of allylic oxidation sites excluding steroid dienone is 4. The largest absolute Gasteiger partial charge is 0.373 e. The molecule has 0 spiro atoms. The van der Waals surface area contributed by atoms with E-state index in [1.807, 2.05) is 21.1 Å². The Morgan fingerprint density at radius 1 is 0.667 bits per heavy atom. The highest BCUT2D eigenvalue weighted by atomic mass is 31.2. The summed E-state index contributed by atoms with van der Waals surface area (Å²) in [5.74, 6) is 0. The van der Waals surface area contributed by atoms with Crippen LogP contribution in [0.2, 0.25) is 0 Å². The quantitative estimate of drug-likeness (QED) is 0.0645. The van der Waals surface area contributed by atoms with Gasteiger partial charge in [0.25, 0.3) is 0 Å². The van der Waals surface area contributed by atoms with Gasteiger partial charge in [0.1, 0.15) is 6.54 Å². The molecule has 0 aromatic rings. The van der Waals surface area contributed by atoms with Gasteiger partial charge in [-0.05, 0) is 57.8 Å². The van der Waals surface area contributed by atoms with Gasteiger partial charge in [-0.15, -0.1) is 0 Å². The molecule has 33 heavy (non-hydrogen) atoms. The standard InChI is InChI=1S/C27H54NO4P/c1-5-6-7-8-9-10-11-12-13-14-15-16-17-18-19-20-21-22-23-24-25-27(29,33(30,31)32)26-28(2,3)4/h7-8,14-15,29H,5-6,9-13,16-26H2,1-4H3,(H-,30,31,32)/p+1/b8-7-,15-14-. The normalized spacial score (nSPS) is 15.0. The second-order valence-electron chi connectivity index (χ2n) is 10.7. The van der Waals surface area contributed by atoms with E-state index >= 15 is 0 Å². The van der Waals surface area contributed by atoms with Crippen LogP contribution in [0, 0.1) is 0 Å². The van der Waals surface area contributed by atoms with Crippen LogP contribution in [0.1, 0.15) is 116 Å². The van der Waals surface area contributed by atoms with Crippen molar-refractivity contribution in [3.63, 3.8) is 0 Å². The van der Waals surface area contributed by atoms with Gasteiger partial charge < -0.3 is 19.4 Å². The van der Waals surface area contributed by atoms with Crippen LogP contribution in [-0.4, -0.2) is 52.4 Å². The van der Waals surface area contributed by atoms with Gasteiger partial charge in [-0.2, -0.15) is 0 Å². The predicted molar refractivity (Wildman–Crippen MR) is 142 cm³/mol. The molecule has 196 valence electrons. The monoisotopic (exact) mass is 488 g/mol. The Hall–Kier alpha value is -0.450. The van der Waals surface area contributed by atoms with Crippen LogP contribution >= 0.6 is 7.60 Å². The molecular weight excluding hydrogens is 433 g/mol. The van der Waals surface area contributed by atoms with Gasteiger partial charge in [-0.1, -0.05) is 82.6 Å². The molecule has 0 aromatic carbocycles. The Morgan fingerprint density at radius 2 is 1.03 bits per heavy atom. The Labute approximate surface area is 205 Å². The number of unbranched alkanes of at least 4 members (excludes halogenated alkanes) is 13. The van der Waals surface area contributed by atoms with E-state index in [0.29, 0.717) is 10.9 Å². The van der Waals surface area contributed by atoms with E-state index in [0.717, 1.165) is 19.3 Å². The van der Waals surface area contributed by atoms with Crippen LogP contribution in [-0.2, 0) is 4.57 Å². The number of hydrogen-bond acceptors (Lipinski definition) is 2. The maximum absolute atomic E-state index is 11.8. The average Bonchev–Trinajstić information content (AvgIpc) is 2.70. The molecule has 0 saturated heterocycles. The fourth-order valence-corrected chi connectivity index (χ4v) is 5.20. The van der Waals surface area contributed by atoms with Crippen molar-refractivity contribution in [2.24, 2.45) is 0 Å². The van der Waals surface area contributed by atoms with Gasteiger partial charge in [0, 0.05) is 0 Å². The van der Waals surface area contributed by atoms with Crippen molar-refractivity contribution in [1.29, 1.82) is 0 Å². The van der Waals surface area contributed by atoms with Crippen LogP contribution in [0.15, 0.2) is 24.3 Å². The minimum absolute atomic E-state index is 0.0580.